The molecule has 0 spiro atoms. The Morgan fingerprint density at radius 1 is 0.571 bits per heavy atom. The van der Waals surface area contributed by atoms with E-state index in [2.05, 4.69) is 37.3 Å². The van der Waals surface area contributed by atoms with Gasteiger partial charge in [0.25, 0.3) is 0 Å². The van der Waals surface area contributed by atoms with Gasteiger partial charge in [-0.2, -0.15) is 0 Å². The minimum absolute atomic E-state index is 0. The van der Waals surface area contributed by atoms with Gasteiger partial charge in [-0.25, -0.2) is 0 Å². The van der Waals surface area contributed by atoms with E-state index in [4.69, 9.17) is 0 Å². The van der Waals surface area contributed by atoms with Crippen LogP contribution in [0.2, 0.25) is 0 Å². The summed E-state index contributed by atoms with van der Waals surface area (Å²) in [7, 11) is 0. The second-order valence-corrected chi connectivity index (χ2v) is 6.12. The number of aryl methyl sites for hydroxylation is 1. The largest absolute Gasteiger partial charge is 0.0654 e. The van der Waals surface area contributed by atoms with Gasteiger partial charge in [0, 0.05) is 19.5 Å². The Hall–Kier alpha value is -0.157. The number of hydrogen-bond acceptors (Lipinski definition) is 0. The van der Waals surface area contributed by atoms with Crippen molar-refractivity contribution in [1.82, 2.24) is 0 Å². The van der Waals surface area contributed by atoms with Gasteiger partial charge in [-0.15, -0.1) is 0 Å². The molecular weight excluding hydrogens is 306 g/mol. The summed E-state index contributed by atoms with van der Waals surface area (Å²) in [5, 5.41) is 0. The summed E-state index contributed by atoms with van der Waals surface area (Å²) in [6.07, 6.45) is 18.5. The molecule has 0 fully saturated rings. The topological polar surface area (TPSA) is 0 Å². The van der Waals surface area contributed by atoms with Crippen molar-refractivity contribution >= 4 is 0 Å². The third-order valence-corrected chi connectivity index (χ3v) is 4.16. The Morgan fingerprint density at radius 3 is 1.48 bits per heavy atom. The molecule has 0 saturated heterocycles. The van der Waals surface area contributed by atoms with Crippen LogP contribution in [0.4, 0.5) is 0 Å². The standard InChI is InChI=1S/C20H34.Zn/c1-2-3-4-5-6-7-8-9-10-11-12-14-17-20-18-15-13-16-19-20;/h13,15-16,18-19H,2-12,14,17H2,1H3;. The number of unbranched alkanes of at least 4 members (excludes halogenated alkanes) is 11. The number of hydrogen-bond donors (Lipinski definition) is 0. The minimum Gasteiger partial charge on any atom is -0.0654 e. The van der Waals surface area contributed by atoms with E-state index in [1.54, 1.807) is 0 Å². The maximum Gasteiger partial charge on any atom is 0 e. The van der Waals surface area contributed by atoms with Crippen molar-refractivity contribution in [3.05, 3.63) is 35.9 Å². The summed E-state index contributed by atoms with van der Waals surface area (Å²) in [4.78, 5) is 0. The first-order valence-electron chi connectivity index (χ1n) is 8.97. The summed E-state index contributed by atoms with van der Waals surface area (Å²) in [5.74, 6) is 0. The van der Waals surface area contributed by atoms with E-state index < -0.39 is 0 Å². The summed E-state index contributed by atoms with van der Waals surface area (Å²) in [5.41, 5.74) is 1.50. The van der Waals surface area contributed by atoms with E-state index in [-0.39, 0.29) is 19.5 Å². The van der Waals surface area contributed by atoms with Crippen LogP contribution >= 0.6 is 0 Å². The summed E-state index contributed by atoms with van der Waals surface area (Å²) in [6.45, 7) is 2.29. The van der Waals surface area contributed by atoms with Gasteiger partial charge in [-0.05, 0) is 18.4 Å². The predicted molar refractivity (Wildman–Crippen MR) is 91.2 cm³/mol. The molecule has 0 saturated carbocycles. The van der Waals surface area contributed by atoms with Crippen LogP contribution in [0.1, 0.15) is 89.5 Å². The molecule has 21 heavy (non-hydrogen) atoms. The Bertz CT molecular complexity index is 294. The van der Waals surface area contributed by atoms with E-state index in [1.165, 1.54) is 89.0 Å². The van der Waals surface area contributed by atoms with Crippen LogP contribution in [0.25, 0.3) is 0 Å². The molecular formula is C20H34Zn. The minimum atomic E-state index is 0. The van der Waals surface area contributed by atoms with Crippen LogP contribution < -0.4 is 0 Å². The van der Waals surface area contributed by atoms with Crippen molar-refractivity contribution in [1.29, 1.82) is 0 Å². The van der Waals surface area contributed by atoms with Crippen LogP contribution in [0, 0.1) is 0 Å². The second kappa shape index (κ2) is 16.2. The zero-order valence-electron chi connectivity index (χ0n) is 14.3. The van der Waals surface area contributed by atoms with Crippen molar-refractivity contribution in [2.75, 3.05) is 0 Å². The fourth-order valence-electron chi connectivity index (χ4n) is 2.81. The molecule has 0 aromatic heterocycles. The molecule has 0 unspecified atom stereocenters. The predicted octanol–water partition coefficient (Wildman–Crippen LogP) is 6.93. The van der Waals surface area contributed by atoms with Gasteiger partial charge >= 0.3 is 0 Å². The molecule has 1 heteroatoms. The Labute approximate surface area is 145 Å². The first-order valence-corrected chi connectivity index (χ1v) is 8.97. The van der Waals surface area contributed by atoms with Gasteiger partial charge in [0.05, 0.1) is 0 Å². The quantitative estimate of drug-likeness (QED) is 0.270. The van der Waals surface area contributed by atoms with Crippen LogP contribution in [-0.4, -0.2) is 0 Å². The summed E-state index contributed by atoms with van der Waals surface area (Å²) >= 11 is 0. The molecule has 0 bridgehead atoms. The molecule has 0 atom stereocenters. The van der Waals surface area contributed by atoms with Gasteiger partial charge in [-0.3, -0.25) is 0 Å². The summed E-state index contributed by atoms with van der Waals surface area (Å²) < 4.78 is 0. The molecule has 1 aromatic rings. The fourth-order valence-corrected chi connectivity index (χ4v) is 2.81. The molecule has 0 aliphatic carbocycles. The average molecular weight is 340 g/mol. The first-order chi connectivity index (χ1) is 9.93. The first kappa shape index (κ1) is 20.8. The third kappa shape index (κ3) is 13.2. The van der Waals surface area contributed by atoms with E-state index in [9.17, 15) is 0 Å². The van der Waals surface area contributed by atoms with Crippen LogP contribution in [0.5, 0.6) is 0 Å². The monoisotopic (exact) mass is 338 g/mol. The Morgan fingerprint density at radius 2 is 1.00 bits per heavy atom. The summed E-state index contributed by atoms with van der Waals surface area (Å²) in [6, 6.07) is 10.9. The van der Waals surface area contributed by atoms with Crippen molar-refractivity contribution in [2.45, 2.75) is 90.4 Å². The van der Waals surface area contributed by atoms with E-state index in [0.717, 1.165) is 0 Å². The van der Waals surface area contributed by atoms with Crippen molar-refractivity contribution < 1.29 is 19.5 Å². The molecule has 0 aliphatic heterocycles. The van der Waals surface area contributed by atoms with E-state index in [0.29, 0.717) is 0 Å². The van der Waals surface area contributed by atoms with Crippen LogP contribution in [0.15, 0.2) is 30.3 Å². The van der Waals surface area contributed by atoms with E-state index in [1.807, 2.05) is 0 Å². The Kier molecular flexibility index (Phi) is 16.1. The fraction of sp³-hybridized carbons (Fsp3) is 0.700. The van der Waals surface area contributed by atoms with Gasteiger partial charge in [0.1, 0.15) is 0 Å². The molecule has 0 amide bonds. The molecule has 0 nitrogen and oxygen atoms in total. The maximum absolute atomic E-state index is 2.29. The maximum atomic E-state index is 2.29. The molecule has 116 valence electrons. The van der Waals surface area contributed by atoms with Crippen molar-refractivity contribution in [3.8, 4) is 0 Å². The molecule has 1 aromatic carbocycles. The van der Waals surface area contributed by atoms with Crippen molar-refractivity contribution in [2.24, 2.45) is 0 Å². The smallest absolute Gasteiger partial charge is 0 e. The van der Waals surface area contributed by atoms with Gasteiger partial charge in [0.2, 0.25) is 0 Å². The second-order valence-electron chi connectivity index (χ2n) is 6.12. The third-order valence-electron chi connectivity index (χ3n) is 4.16. The number of benzene rings is 1. The van der Waals surface area contributed by atoms with Crippen LogP contribution in [0.3, 0.4) is 0 Å². The molecule has 0 N–H and O–H groups in total. The van der Waals surface area contributed by atoms with Gasteiger partial charge in [0.15, 0.2) is 0 Å². The normalized spacial score (nSPS) is 10.3. The molecule has 0 aliphatic rings. The van der Waals surface area contributed by atoms with Crippen molar-refractivity contribution in [3.63, 3.8) is 0 Å². The van der Waals surface area contributed by atoms with Gasteiger partial charge in [-0.1, -0.05) is 108 Å². The van der Waals surface area contributed by atoms with Gasteiger partial charge < -0.3 is 0 Å². The van der Waals surface area contributed by atoms with E-state index >= 15 is 0 Å². The SMILES string of the molecule is CCCCCCCCCCCCCCc1ccccc1.[Zn]. The number of rotatable bonds is 13. The zero-order chi connectivity index (χ0) is 14.3. The molecule has 0 radical (unpaired) electrons. The zero-order valence-corrected chi connectivity index (χ0v) is 17.3. The molecule has 0 heterocycles. The average Bonchev–Trinajstić information content (AvgIpc) is 2.49. The Balaban J connectivity index is 0.00000400. The molecule has 1 rings (SSSR count). The van der Waals surface area contributed by atoms with Crippen LogP contribution in [-0.2, 0) is 25.9 Å².